The molecule has 2 N–H and O–H groups in total. The molecule has 2 aromatic rings. The Morgan fingerprint density at radius 2 is 2.22 bits per heavy atom. The second-order valence-corrected chi connectivity index (χ2v) is 6.01. The molecule has 122 valence electrons. The van der Waals surface area contributed by atoms with Crippen LogP contribution in [0, 0.1) is 5.92 Å². The number of ether oxygens (including phenoxy) is 1. The summed E-state index contributed by atoms with van der Waals surface area (Å²) in [6, 6.07) is 10.1. The number of aromatic nitrogens is 2. The Labute approximate surface area is 136 Å². The third-order valence-electron chi connectivity index (χ3n) is 4.29. The predicted molar refractivity (Wildman–Crippen MR) is 89.3 cm³/mol. The van der Waals surface area contributed by atoms with Gasteiger partial charge in [0.2, 0.25) is 0 Å². The topological polar surface area (TPSA) is 67.0 Å². The van der Waals surface area contributed by atoms with Crippen molar-refractivity contribution in [2.24, 2.45) is 5.92 Å². The smallest absolute Gasteiger partial charge is 0.269 e. The van der Waals surface area contributed by atoms with Crippen LogP contribution in [-0.4, -0.2) is 35.9 Å². The van der Waals surface area contributed by atoms with E-state index in [0.29, 0.717) is 18.2 Å². The normalized spacial score (nSPS) is 17.9. The van der Waals surface area contributed by atoms with Crippen LogP contribution in [0.3, 0.4) is 0 Å². The maximum absolute atomic E-state index is 12.2. The first-order valence-corrected chi connectivity index (χ1v) is 8.27. The first-order valence-electron chi connectivity index (χ1n) is 8.27. The lowest BCUT2D eigenvalue weighted by molar-refractivity contribution is 0.0535. The molecule has 0 bridgehead atoms. The minimum atomic E-state index is -0.112. The van der Waals surface area contributed by atoms with Gasteiger partial charge in [0, 0.05) is 18.7 Å². The fourth-order valence-corrected chi connectivity index (χ4v) is 2.80. The molecule has 1 aromatic heterocycles. The number of nitrogens with one attached hydrogen (secondary N) is 2. The molecule has 23 heavy (non-hydrogen) atoms. The number of carbonyl (C=O) groups is 1. The summed E-state index contributed by atoms with van der Waals surface area (Å²) in [4.78, 5) is 12.2. The molecule has 1 fully saturated rings. The molecular formula is C18H23N3O2. The second-order valence-electron chi connectivity index (χ2n) is 6.01. The summed E-state index contributed by atoms with van der Waals surface area (Å²) >= 11 is 0. The van der Waals surface area contributed by atoms with Crippen LogP contribution >= 0.6 is 0 Å². The molecule has 0 aliphatic carbocycles. The zero-order valence-corrected chi connectivity index (χ0v) is 13.5. The molecule has 0 saturated carbocycles. The van der Waals surface area contributed by atoms with Crippen molar-refractivity contribution in [3.8, 4) is 11.3 Å². The summed E-state index contributed by atoms with van der Waals surface area (Å²) in [6.45, 7) is 4.35. The molecule has 1 atom stereocenters. The third kappa shape index (κ3) is 3.99. The van der Waals surface area contributed by atoms with Crippen LogP contribution in [0.1, 0.15) is 35.8 Å². The van der Waals surface area contributed by atoms with Gasteiger partial charge in [0.15, 0.2) is 0 Å². The van der Waals surface area contributed by atoms with Crippen LogP contribution < -0.4 is 5.32 Å². The molecule has 2 heterocycles. The van der Waals surface area contributed by atoms with Crippen molar-refractivity contribution in [3.05, 3.63) is 41.6 Å². The number of rotatable bonds is 5. The van der Waals surface area contributed by atoms with Gasteiger partial charge < -0.3 is 10.1 Å². The first kappa shape index (κ1) is 15.7. The Morgan fingerprint density at radius 1 is 1.39 bits per heavy atom. The van der Waals surface area contributed by atoms with Crippen LogP contribution in [0.15, 0.2) is 30.3 Å². The number of hydrogen-bond acceptors (Lipinski definition) is 3. The molecule has 1 aromatic carbocycles. The Balaban J connectivity index is 1.60. The van der Waals surface area contributed by atoms with Crippen LogP contribution in [-0.2, 0) is 11.2 Å². The highest BCUT2D eigenvalue weighted by molar-refractivity contribution is 5.93. The summed E-state index contributed by atoms with van der Waals surface area (Å²) in [5, 5.41) is 10.0. The summed E-state index contributed by atoms with van der Waals surface area (Å²) in [5.41, 5.74) is 3.59. The fourth-order valence-electron chi connectivity index (χ4n) is 2.80. The predicted octanol–water partition coefficient (Wildman–Crippen LogP) is 2.80. The fraction of sp³-hybridized carbons (Fsp3) is 0.444. The van der Waals surface area contributed by atoms with Crippen molar-refractivity contribution in [1.82, 2.24) is 15.5 Å². The van der Waals surface area contributed by atoms with E-state index in [1.807, 2.05) is 12.1 Å². The van der Waals surface area contributed by atoms with E-state index in [-0.39, 0.29) is 5.91 Å². The van der Waals surface area contributed by atoms with Gasteiger partial charge >= 0.3 is 0 Å². The number of aromatic amines is 1. The van der Waals surface area contributed by atoms with Gasteiger partial charge in [-0.2, -0.15) is 5.10 Å². The molecule has 5 nitrogen and oxygen atoms in total. The van der Waals surface area contributed by atoms with Gasteiger partial charge in [0.1, 0.15) is 5.69 Å². The molecule has 1 amide bonds. The minimum Gasteiger partial charge on any atom is -0.381 e. The monoisotopic (exact) mass is 313 g/mol. The Morgan fingerprint density at radius 3 is 2.91 bits per heavy atom. The number of H-pyrrole nitrogens is 1. The maximum atomic E-state index is 12.2. The van der Waals surface area contributed by atoms with E-state index < -0.39 is 0 Å². The molecule has 1 saturated heterocycles. The Bertz CT molecular complexity index is 643. The van der Waals surface area contributed by atoms with Crippen molar-refractivity contribution >= 4 is 5.91 Å². The van der Waals surface area contributed by atoms with Gasteiger partial charge in [-0.1, -0.05) is 31.2 Å². The van der Waals surface area contributed by atoms with Crippen molar-refractivity contribution in [2.75, 3.05) is 19.8 Å². The van der Waals surface area contributed by atoms with E-state index in [2.05, 4.69) is 34.6 Å². The van der Waals surface area contributed by atoms with E-state index in [9.17, 15) is 4.79 Å². The molecule has 1 aliphatic rings. The number of amides is 1. The SMILES string of the molecule is CCc1ccc(-c2cc(C(=O)NCC3CCCOC3)[nH]n2)cc1. The number of carbonyl (C=O) groups excluding carboxylic acids is 1. The summed E-state index contributed by atoms with van der Waals surface area (Å²) in [7, 11) is 0. The van der Waals surface area contributed by atoms with Gasteiger partial charge in [-0.05, 0) is 36.8 Å². The first-order chi connectivity index (χ1) is 11.3. The van der Waals surface area contributed by atoms with E-state index in [0.717, 1.165) is 43.7 Å². The van der Waals surface area contributed by atoms with Gasteiger partial charge in [-0.3, -0.25) is 9.89 Å². The highest BCUT2D eigenvalue weighted by Gasteiger charge is 2.16. The molecule has 1 unspecified atom stereocenters. The quantitative estimate of drug-likeness (QED) is 0.892. The maximum Gasteiger partial charge on any atom is 0.269 e. The van der Waals surface area contributed by atoms with Gasteiger partial charge in [-0.15, -0.1) is 0 Å². The highest BCUT2D eigenvalue weighted by Crippen LogP contribution is 2.19. The number of benzene rings is 1. The molecule has 5 heteroatoms. The molecular weight excluding hydrogens is 290 g/mol. The summed E-state index contributed by atoms with van der Waals surface area (Å²) in [5.74, 6) is 0.302. The van der Waals surface area contributed by atoms with Crippen molar-refractivity contribution in [1.29, 1.82) is 0 Å². The zero-order valence-electron chi connectivity index (χ0n) is 13.5. The van der Waals surface area contributed by atoms with E-state index in [1.54, 1.807) is 6.07 Å². The van der Waals surface area contributed by atoms with Crippen LogP contribution in [0.4, 0.5) is 0 Å². The Hall–Kier alpha value is -2.14. The summed E-state index contributed by atoms with van der Waals surface area (Å²) < 4.78 is 5.43. The largest absolute Gasteiger partial charge is 0.381 e. The highest BCUT2D eigenvalue weighted by atomic mass is 16.5. The second kappa shape index (κ2) is 7.42. The Kier molecular flexibility index (Phi) is 5.08. The molecule has 0 spiro atoms. The van der Waals surface area contributed by atoms with Gasteiger partial charge in [-0.25, -0.2) is 0 Å². The van der Waals surface area contributed by atoms with Crippen molar-refractivity contribution in [2.45, 2.75) is 26.2 Å². The average Bonchev–Trinajstić information content (AvgIpc) is 3.11. The molecule has 0 radical (unpaired) electrons. The van der Waals surface area contributed by atoms with Crippen molar-refractivity contribution < 1.29 is 9.53 Å². The number of aryl methyl sites for hydroxylation is 1. The minimum absolute atomic E-state index is 0.112. The number of nitrogens with zero attached hydrogens (tertiary/aromatic N) is 1. The van der Waals surface area contributed by atoms with E-state index >= 15 is 0 Å². The lowest BCUT2D eigenvalue weighted by Gasteiger charge is -2.21. The van der Waals surface area contributed by atoms with Crippen LogP contribution in [0.5, 0.6) is 0 Å². The lowest BCUT2D eigenvalue weighted by Crippen LogP contribution is -2.33. The lowest BCUT2D eigenvalue weighted by atomic mass is 10.0. The van der Waals surface area contributed by atoms with Crippen LogP contribution in [0.2, 0.25) is 0 Å². The molecule has 1 aliphatic heterocycles. The van der Waals surface area contributed by atoms with E-state index in [4.69, 9.17) is 4.74 Å². The zero-order chi connectivity index (χ0) is 16.1. The van der Waals surface area contributed by atoms with Gasteiger partial charge in [0.05, 0.1) is 12.3 Å². The average molecular weight is 313 g/mol. The third-order valence-corrected chi connectivity index (χ3v) is 4.29. The van der Waals surface area contributed by atoms with Crippen LogP contribution in [0.25, 0.3) is 11.3 Å². The number of hydrogen-bond donors (Lipinski definition) is 2. The van der Waals surface area contributed by atoms with Crippen molar-refractivity contribution in [3.63, 3.8) is 0 Å². The standard InChI is InChI=1S/C18H23N3O2/c1-2-13-5-7-15(8-6-13)16-10-17(21-20-16)18(22)19-11-14-4-3-9-23-12-14/h5-8,10,14H,2-4,9,11-12H2,1H3,(H,19,22)(H,20,21). The van der Waals surface area contributed by atoms with Gasteiger partial charge in [0.25, 0.3) is 5.91 Å². The van der Waals surface area contributed by atoms with E-state index in [1.165, 1.54) is 5.56 Å². The summed E-state index contributed by atoms with van der Waals surface area (Å²) in [6.07, 6.45) is 3.19. The molecule has 3 rings (SSSR count).